The Labute approximate surface area is 168 Å². The molecule has 0 aliphatic carbocycles. The third-order valence-corrected chi connectivity index (χ3v) is 4.49. The Bertz CT molecular complexity index is 952. The summed E-state index contributed by atoms with van der Waals surface area (Å²) in [6, 6.07) is 17.1. The number of aromatic nitrogens is 1. The third kappa shape index (κ3) is 5.24. The molecule has 0 saturated heterocycles. The van der Waals surface area contributed by atoms with E-state index in [0.29, 0.717) is 30.3 Å². The summed E-state index contributed by atoms with van der Waals surface area (Å²) in [5, 5.41) is 3.42. The smallest absolute Gasteiger partial charge is 0.322 e. The van der Waals surface area contributed by atoms with Crippen molar-refractivity contribution in [2.45, 2.75) is 13.1 Å². The average molecular weight is 398 g/mol. The Morgan fingerprint density at radius 3 is 2.68 bits per heavy atom. The highest BCUT2D eigenvalue weighted by Gasteiger charge is 2.15. The van der Waals surface area contributed by atoms with Crippen molar-refractivity contribution in [3.8, 4) is 0 Å². The van der Waals surface area contributed by atoms with E-state index in [4.69, 9.17) is 11.6 Å². The zero-order valence-electron chi connectivity index (χ0n) is 15.3. The number of nitrogens with one attached hydrogen (secondary N) is 1. The first-order valence-electron chi connectivity index (χ1n) is 8.86. The van der Waals surface area contributed by atoms with Gasteiger partial charge in [0.15, 0.2) is 0 Å². The van der Waals surface area contributed by atoms with Crippen LogP contribution in [-0.4, -0.2) is 22.0 Å². The molecule has 1 heterocycles. The van der Waals surface area contributed by atoms with Crippen molar-refractivity contribution in [1.82, 2.24) is 9.47 Å². The molecule has 4 nitrogen and oxygen atoms in total. The Morgan fingerprint density at radius 2 is 1.96 bits per heavy atom. The lowest BCUT2D eigenvalue weighted by Crippen LogP contribution is -2.35. The highest BCUT2D eigenvalue weighted by Crippen LogP contribution is 2.17. The van der Waals surface area contributed by atoms with Crippen molar-refractivity contribution in [2.24, 2.45) is 0 Å². The maximum Gasteiger partial charge on any atom is 0.322 e. The monoisotopic (exact) mass is 397 g/mol. The van der Waals surface area contributed by atoms with Crippen LogP contribution in [0.4, 0.5) is 14.9 Å². The van der Waals surface area contributed by atoms with E-state index >= 15 is 0 Å². The number of anilines is 1. The minimum atomic E-state index is -0.258. The van der Waals surface area contributed by atoms with Crippen molar-refractivity contribution in [1.29, 1.82) is 0 Å². The van der Waals surface area contributed by atoms with Crippen LogP contribution in [0.1, 0.15) is 11.3 Å². The maximum atomic E-state index is 13.1. The summed E-state index contributed by atoms with van der Waals surface area (Å²) in [6.07, 6.45) is 3.63. The SMILES string of the molecule is C=CCN(Cc1cccn1Cc1ccc(F)cc1)C(=O)Nc1cccc(Cl)c1. The summed E-state index contributed by atoms with van der Waals surface area (Å²) in [4.78, 5) is 14.4. The van der Waals surface area contributed by atoms with Gasteiger partial charge < -0.3 is 14.8 Å². The zero-order chi connectivity index (χ0) is 19.9. The number of rotatable bonds is 7. The second-order valence-corrected chi connectivity index (χ2v) is 6.80. The van der Waals surface area contributed by atoms with E-state index in [1.807, 2.05) is 22.9 Å². The molecule has 3 rings (SSSR count). The van der Waals surface area contributed by atoms with E-state index in [2.05, 4.69) is 11.9 Å². The van der Waals surface area contributed by atoms with Gasteiger partial charge in [-0.3, -0.25) is 0 Å². The number of carbonyl (C=O) groups is 1. The highest BCUT2D eigenvalue weighted by molar-refractivity contribution is 6.30. The summed E-state index contributed by atoms with van der Waals surface area (Å²) in [7, 11) is 0. The van der Waals surface area contributed by atoms with E-state index in [9.17, 15) is 9.18 Å². The standard InChI is InChI=1S/C22H21ClFN3O/c1-2-12-27(22(28)25-20-6-3-5-18(23)14-20)16-21-7-4-13-26(21)15-17-8-10-19(24)11-9-17/h2-11,13-14H,1,12,15-16H2,(H,25,28). The van der Waals surface area contributed by atoms with Crippen molar-refractivity contribution >= 4 is 23.3 Å². The molecular weight excluding hydrogens is 377 g/mol. The lowest BCUT2D eigenvalue weighted by atomic mass is 10.2. The Morgan fingerprint density at radius 1 is 1.18 bits per heavy atom. The van der Waals surface area contributed by atoms with E-state index in [0.717, 1.165) is 11.3 Å². The summed E-state index contributed by atoms with van der Waals surface area (Å²) in [6.45, 7) is 5.15. The van der Waals surface area contributed by atoms with Crippen LogP contribution in [-0.2, 0) is 13.1 Å². The fourth-order valence-corrected chi connectivity index (χ4v) is 3.06. The van der Waals surface area contributed by atoms with Crippen LogP contribution in [0.2, 0.25) is 5.02 Å². The largest absolute Gasteiger partial charge is 0.345 e. The van der Waals surface area contributed by atoms with Crippen LogP contribution < -0.4 is 5.32 Å². The van der Waals surface area contributed by atoms with Crippen molar-refractivity contribution < 1.29 is 9.18 Å². The molecule has 0 spiro atoms. The van der Waals surface area contributed by atoms with Gasteiger partial charge in [0.1, 0.15) is 5.82 Å². The van der Waals surface area contributed by atoms with Crippen LogP contribution in [0.25, 0.3) is 0 Å². The number of urea groups is 1. The maximum absolute atomic E-state index is 13.1. The molecule has 6 heteroatoms. The normalized spacial score (nSPS) is 10.5. The number of halogens is 2. The van der Waals surface area contributed by atoms with Gasteiger partial charge in [-0.2, -0.15) is 0 Å². The number of carbonyl (C=O) groups excluding carboxylic acids is 1. The molecule has 0 aliphatic rings. The van der Waals surface area contributed by atoms with E-state index in [1.165, 1.54) is 12.1 Å². The van der Waals surface area contributed by atoms with Crippen LogP contribution in [0.15, 0.2) is 79.5 Å². The fraction of sp³-hybridized carbons (Fsp3) is 0.136. The number of benzene rings is 2. The van der Waals surface area contributed by atoms with Crippen molar-refractivity contribution in [3.05, 3.63) is 102 Å². The van der Waals surface area contributed by atoms with E-state index < -0.39 is 0 Å². The van der Waals surface area contributed by atoms with Gasteiger partial charge in [0.05, 0.1) is 6.54 Å². The van der Waals surface area contributed by atoms with Crippen LogP contribution in [0.5, 0.6) is 0 Å². The Balaban J connectivity index is 1.72. The fourth-order valence-electron chi connectivity index (χ4n) is 2.87. The van der Waals surface area contributed by atoms with Crippen LogP contribution in [0.3, 0.4) is 0 Å². The number of hydrogen-bond acceptors (Lipinski definition) is 1. The lowest BCUT2D eigenvalue weighted by Gasteiger charge is -2.23. The molecule has 0 radical (unpaired) electrons. The van der Waals surface area contributed by atoms with Gasteiger partial charge >= 0.3 is 6.03 Å². The topological polar surface area (TPSA) is 37.3 Å². The first-order valence-corrected chi connectivity index (χ1v) is 9.24. The first-order chi connectivity index (χ1) is 13.5. The van der Waals surface area contributed by atoms with Gasteiger partial charge in [0.2, 0.25) is 0 Å². The highest BCUT2D eigenvalue weighted by atomic mass is 35.5. The first kappa shape index (κ1) is 19.7. The van der Waals surface area contributed by atoms with Crippen LogP contribution >= 0.6 is 11.6 Å². The summed E-state index contributed by atoms with van der Waals surface area (Å²) < 4.78 is 15.2. The molecule has 0 atom stereocenters. The van der Waals surface area contributed by atoms with Crippen molar-refractivity contribution in [3.63, 3.8) is 0 Å². The molecule has 0 saturated carbocycles. The molecule has 3 aromatic rings. The molecule has 1 N–H and O–H groups in total. The van der Waals surface area contributed by atoms with Gasteiger partial charge in [-0.05, 0) is 48.0 Å². The van der Waals surface area contributed by atoms with Crippen molar-refractivity contribution in [2.75, 3.05) is 11.9 Å². The molecule has 2 amide bonds. The molecule has 0 bridgehead atoms. The van der Waals surface area contributed by atoms with E-state index in [-0.39, 0.29) is 11.8 Å². The van der Waals surface area contributed by atoms with Crippen LogP contribution in [0, 0.1) is 5.82 Å². The molecule has 28 heavy (non-hydrogen) atoms. The Kier molecular flexibility index (Phi) is 6.50. The number of amides is 2. The second-order valence-electron chi connectivity index (χ2n) is 6.36. The molecule has 2 aromatic carbocycles. The predicted octanol–water partition coefficient (Wildman–Crippen LogP) is 5.55. The minimum absolute atomic E-state index is 0.239. The number of nitrogens with zero attached hydrogens (tertiary/aromatic N) is 2. The molecule has 0 fully saturated rings. The van der Waals surface area contributed by atoms with Gasteiger partial charge in [-0.1, -0.05) is 35.9 Å². The van der Waals surface area contributed by atoms with Gasteiger partial charge in [0.25, 0.3) is 0 Å². The predicted molar refractivity (Wildman–Crippen MR) is 111 cm³/mol. The van der Waals surface area contributed by atoms with Gasteiger partial charge in [0, 0.05) is 35.7 Å². The van der Waals surface area contributed by atoms with Gasteiger partial charge in [-0.25, -0.2) is 9.18 Å². The molecule has 0 aliphatic heterocycles. The number of hydrogen-bond donors (Lipinski definition) is 1. The summed E-state index contributed by atoms with van der Waals surface area (Å²) >= 11 is 5.98. The summed E-state index contributed by atoms with van der Waals surface area (Å²) in [5.41, 5.74) is 2.58. The summed E-state index contributed by atoms with van der Waals surface area (Å²) in [5.74, 6) is -0.258. The van der Waals surface area contributed by atoms with E-state index in [1.54, 1.807) is 47.4 Å². The third-order valence-electron chi connectivity index (χ3n) is 4.26. The molecule has 1 aromatic heterocycles. The Hall–Kier alpha value is -3.05. The quantitative estimate of drug-likeness (QED) is 0.521. The zero-order valence-corrected chi connectivity index (χ0v) is 16.1. The molecule has 0 unspecified atom stereocenters. The second kappa shape index (κ2) is 9.24. The molecular formula is C22H21ClFN3O. The average Bonchev–Trinajstić information content (AvgIpc) is 3.10. The molecule has 144 valence electrons. The van der Waals surface area contributed by atoms with Gasteiger partial charge in [-0.15, -0.1) is 6.58 Å². The minimum Gasteiger partial charge on any atom is -0.345 e. The lowest BCUT2D eigenvalue weighted by molar-refractivity contribution is 0.214.